The number of unbranched alkanes of at least 4 members (excludes halogenated alkanes) is 1. The summed E-state index contributed by atoms with van der Waals surface area (Å²) in [5, 5.41) is 12.6. The van der Waals surface area contributed by atoms with Crippen LogP contribution in [-0.4, -0.2) is 22.6 Å². The van der Waals surface area contributed by atoms with Crippen LogP contribution in [0.1, 0.15) is 24.8 Å². The average molecular weight is 258 g/mol. The number of fused-ring (bicyclic) bond motifs is 1. The van der Waals surface area contributed by atoms with E-state index in [1.165, 1.54) is 0 Å². The van der Waals surface area contributed by atoms with E-state index in [0.29, 0.717) is 19.3 Å². The maximum Gasteiger partial charge on any atom is 0.224 e. The number of aryl methyl sites for hydroxylation is 1. The van der Waals surface area contributed by atoms with Crippen LogP contribution in [0, 0.1) is 6.92 Å². The van der Waals surface area contributed by atoms with Gasteiger partial charge in [-0.2, -0.15) is 0 Å². The summed E-state index contributed by atoms with van der Waals surface area (Å²) in [4.78, 5) is 16.1. The highest BCUT2D eigenvalue weighted by molar-refractivity contribution is 6.01. The third-order valence-corrected chi connectivity index (χ3v) is 3.06. The summed E-state index contributed by atoms with van der Waals surface area (Å²) in [7, 11) is 0. The number of pyridine rings is 1. The van der Waals surface area contributed by atoms with Gasteiger partial charge in [-0.3, -0.25) is 9.78 Å². The first-order valence-corrected chi connectivity index (χ1v) is 6.47. The lowest BCUT2D eigenvalue weighted by atomic mass is 10.1. The topological polar surface area (TPSA) is 62.2 Å². The standard InChI is InChI=1S/C15H18N2O2/c1-11-7-8-13(12-5-4-9-16-15(11)12)17-14(19)6-2-3-10-18/h4-5,7-9,18H,2-3,6,10H2,1H3,(H,17,19). The lowest BCUT2D eigenvalue weighted by Gasteiger charge is -2.09. The molecule has 0 saturated carbocycles. The Morgan fingerprint density at radius 3 is 2.95 bits per heavy atom. The lowest BCUT2D eigenvalue weighted by molar-refractivity contribution is -0.116. The van der Waals surface area contributed by atoms with Crippen LogP contribution >= 0.6 is 0 Å². The van der Waals surface area contributed by atoms with Crippen molar-refractivity contribution in [2.24, 2.45) is 0 Å². The van der Waals surface area contributed by atoms with Gasteiger partial charge in [0.25, 0.3) is 0 Å². The minimum Gasteiger partial charge on any atom is -0.396 e. The molecule has 2 aromatic rings. The predicted octanol–water partition coefficient (Wildman–Crippen LogP) is 2.64. The third kappa shape index (κ3) is 3.29. The molecule has 0 aliphatic rings. The van der Waals surface area contributed by atoms with Crippen molar-refractivity contribution in [3.05, 3.63) is 36.0 Å². The highest BCUT2D eigenvalue weighted by Gasteiger charge is 2.07. The van der Waals surface area contributed by atoms with Crippen molar-refractivity contribution < 1.29 is 9.90 Å². The number of aliphatic hydroxyl groups excluding tert-OH is 1. The van der Waals surface area contributed by atoms with Crippen LogP contribution in [0.2, 0.25) is 0 Å². The second kappa shape index (κ2) is 6.29. The number of carbonyl (C=O) groups excluding carboxylic acids is 1. The number of hydrogen-bond acceptors (Lipinski definition) is 3. The van der Waals surface area contributed by atoms with Gasteiger partial charge >= 0.3 is 0 Å². The minimum atomic E-state index is -0.0255. The number of nitrogens with zero attached hydrogens (tertiary/aromatic N) is 1. The van der Waals surface area contributed by atoms with E-state index in [2.05, 4.69) is 10.3 Å². The molecule has 0 atom stereocenters. The molecule has 100 valence electrons. The van der Waals surface area contributed by atoms with Crippen LogP contribution in [0.4, 0.5) is 5.69 Å². The van der Waals surface area contributed by atoms with Crippen molar-refractivity contribution in [3.8, 4) is 0 Å². The number of carbonyl (C=O) groups is 1. The molecule has 4 heteroatoms. The van der Waals surface area contributed by atoms with Gasteiger partial charge in [-0.15, -0.1) is 0 Å². The molecule has 19 heavy (non-hydrogen) atoms. The van der Waals surface area contributed by atoms with Gasteiger partial charge in [0.2, 0.25) is 5.91 Å². The molecular formula is C15H18N2O2. The van der Waals surface area contributed by atoms with Gasteiger partial charge < -0.3 is 10.4 Å². The van der Waals surface area contributed by atoms with E-state index < -0.39 is 0 Å². The smallest absolute Gasteiger partial charge is 0.224 e. The monoisotopic (exact) mass is 258 g/mol. The highest BCUT2D eigenvalue weighted by atomic mass is 16.2. The summed E-state index contributed by atoms with van der Waals surface area (Å²) in [6.07, 6.45) is 3.53. The normalized spacial score (nSPS) is 10.6. The van der Waals surface area contributed by atoms with Crippen LogP contribution in [0.5, 0.6) is 0 Å². The molecule has 1 aromatic carbocycles. The van der Waals surface area contributed by atoms with Crippen molar-refractivity contribution in [1.82, 2.24) is 4.98 Å². The Kier molecular flexibility index (Phi) is 4.47. The maximum atomic E-state index is 11.8. The molecule has 1 amide bonds. The Hall–Kier alpha value is -1.94. The van der Waals surface area contributed by atoms with Crippen molar-refractivity contribution in [3.63, 3.8) is 0 Å². The second-order valence-corrected chi connectivity index (χ2v) is 4.56. The molecule has 1 heterocycles. The van der Waals surface area contributed by atoms with Gasteiger partial charge in [0.05, 0.1) is 11.2 Å². The molecule has 0 fully saturated rings. The fourth-order valence-corrected chi connectivity index (χ4v) is 2.03. The lowest BCUT2D eigenvalue weighted by Crippen LogP contribution is -2.11. The first-order valence-electron chi connectivity index (χ1n) is 6.47. The van der Waals surface area contributed by atoms with Gasteiger partial charge in [0.1, 0.15) is 0 Å². The van der Waals surface area contributed by atoms with E-state index in [-0.39, 0.29) is 12.5 Å². The average Bonchev–Trinajstić information content (AvgIpc) is 2.43. The Balaban J connectivity index is 2.17. The molecule has 0 spiro atoms. The fraction of sp³-hybridized carbons (Fsp3) is 0.333. The summed E-state index contributed by atoms with van der Waals surface area (Å²) in [6.45, 7) is 2.13. The summed E-state index contributed by atoms with van der Waals surface area (Å²) in [5.74, 6) is -0.0255. The minimum absolute atomic E-state index is 0.0255. The Bertz CT molecular complexity index is 581. The number of aliphatic hydroxyl groups is 1. The van der Waals surface area contributed by atoms with Gasteiger partial charge in [-0.05, 0) is 43.5 Å². The van der Waals surface area contributed by atoms with E-state index in [1.807, 2.05) is 31.2 Å². The SMILES string of the molecule is Cc1ccc(NC(=O)CCCCO)c2cccnc12. The summed E-state index contributed by atoms with van der Waals surface area (Å²) in [5.41, 5.74) is 2.80. The number of anilines is 1. The highest BCUT2D eigenvalue weighted by Crippen LogP contribution is 2.24. The fourth-order valence-electron chi connectivity index (χ4n) is 2.03. The van der Waals surface area contributed by atoms with E-state index in [0.717, 1.165) is 22.2 Å². The number of rotatable bonds is 5. The molecule has 1 aromatic heterocycles. The van der Waals surface area contributed by atoms with Crippen LogP contribution < -0.4 is 5.32 Å². The van der Waals surface area contributed by atoms with Crippen molar-refractivity contribution >= 4 is 22.5 Å². The molecular weight excluding hydrogens is 240 g/mol. The molecule has 0 radical (unpaired) electrons. The largest absolute Gasteiger partial charge is 0.396 e. The van der Waals surface area contributed by atoms with Gasteiger partial charge in [0.15, 0.2) is 0 Å². The number of hydrogen-bond donors (Lipinski definition) is 2. The van der Waals surface area contributed by atoms with Gasteiger partial charge in [0, 0.05) is 24.6 Å². The molecule has 2 rings (SSSR count). The zero-order chi connectivity index (χ0) is 13.7. The van der Waals surface area contributed by atoms with Crippen LogP contribution in [0.15, 0.2) is 30.5 Å². The van der Waals surface area contributed by atoms with Crippen LogP contribution in [0.25, 0.3) is 10.9 Å². The number of amides is 1. The van der Waals surface area contributed by atoms with Crippen LogP contribution in [-0.2, 0) is 4.79 Å². The van der Waals surface area contributed by atoms with Crippen molar-refractivity contribution in [2.75, 3.05) is 11.9 Å². The molecule has 4 nitrogen and oxygen atoms in total. The number of aromatic nitrogens is 1. The zero-order valence-corrected chi connectivity index (χ0v) is 11.0. The van der Waals surface area contributed by atoms with Gasteiger partial charge in [-0.25, -0.2) is 0 Å². The van der Waals surface area contributed by atoms with E-state index in [1.54, 1.807) is 6.20 Å². The first kappa shape index (κ1) is 13.5. The molecule has 0 saturated heterocycles. The second-order valence-electron chi connectivity index (χ2n) is 4.56. The molecule has 0 bridgehead atoms. The predicted molar refractivity (Wildman–Crippen MR) is 76.0 cm³/mol. The maximum absolute atomic E-state index is 11.8. The van der Waals surface area contributed by atoms with Crippen molar-refractivity contribution in [2.45, 2.75) is 26.2 Å². The van der Waals surface area contributed by atoms with Gasteiger partial charge in [-0.1, -0.05) is 6.07 Å². The van der Waals surface area contributed by atoms with Crippen molar-refractivity contribution in [1.29, 1.82) is 0 Å². The summed E-state index contributed by atoms with van der Waals surface area (Å²) < 4.78 is 0. The molecule has 0 aliphatic heterocycles. The van der Waals surface area contributed by atoms with E-state index >= 15 is 0 Å². The number of nitrogens with one attached hydrogen (secondary N) is 1. The zero-order valence-electron chi connectivity index (χ0n) is 11.0. The van der Waals surface area contributed by atoms with E-state index in [9.17, 15) is 4.79 Å². The molecule has 0 aliphatic carbocycles. The first-order chi connectivity index (χ1) is 9.22. The third-order valence-electron chi connectivity index (χ3n) is 3.06. The molecule has 0 unspecified atom stereocenters. The Labute approximate surface area is 112 Å². The Morgan fingerprint density at radius 2 is 2.16 bits per heavy atom. The summed E-state index contributed by atoms with van der Waals surface area (Å²) in [6, 6.07) is 7.68. The van der Waals surface area contributed by atoms with E-state index in [4.69, 9.17) is 5.11 Å². The van der Waals surface area contributed by atoms with Crippen LogP contribution in [0.3, 0.4) is 0 Å². The Morgan fingerprint density at radius 1 is 1.32 bits per heavy atom. The number of benzene rings is 1. The molecule has 2 N–H and O–H groups in total. The quantitative estimate of drug-likeness (QED) is 0.810. The summed E-state index contributed by atoms with van der Waals surface area (Å²) >= 11 is 0.